The van der Waals surface area contributed by atoms with Crippen LogP contribution in [0.5, 0.6) is 0 Å². The van der Waals surface area contributed by atoms with Crippen molar-refractivity contribution in [2.75, 3.05) is 11.5 Å². The van der Waals surface area contributed by atoms with Crippen LogP contribution in [0.15, 0.2) is 51.8 Å². The zero-order valence-corrected chi connectivity index (χ0v) is 14.1. The van der Waals surface area contributed by atoms with Crippen molar-refractivity contribution in [3.63, 3.8) is 0 Å². The van der Waals surface area contributed by atoms with Crippen LogP contribution in [0.1, 0.15) is 11.1 Å². The molecule has 2 aromatic carbocycles. The molecular formula is C16H17BrN2OS. The molecule has 3 N–H and O–H groups in total. The fourth-order valence-electron chi connectivity index (χ4n) is 1.73. The van der Waals surface area contributed by atoms with Crippen LogP contribution in [0.2, 0.25) is 0 Å². The van der Waals surface area contributed by atoms with Crippen molar-refractivity contribution in [1.29, 1.82) is 0 Å². The van der Waals surface area contributed by atoms with E-state index in [-0.39, 0.29) is 5.91 Å². The lowest BCUT2D eigenvalue weighted by molar-refractivity contribution is -0.118. The van der Waals surface area contributed by atoms with Gasteiger partial charge >= 0.3 is 0 Å². The van der Waals surface area contributed by atoms with Crippen molar-refractivity contribution in [2.24, 2.45) is 0 Å². The Bertz CT molecular complexity index is 629. The first-order chi connectivity index (χ1) is 10.0. The van der Waals surface area contributed by atoms with E-state index in [1.165, 1.54) is 17.3 Å². The highest BCUT2D eigenvalue weighted by molar-refractivity contribution is 9.10. The van der Waals surface area contributed by atoms with Crippen molar-refractivity contribution in [2.45, 2.75) is 18.4 Å². The first kappa shape index (κ1) is 15.9. The van der Waals surface area contributed by atoms with Gasteiger partial charge in [-0.1, -0.05) is 45.8 Å². The third-order valence-corrected chi connectivity index (χ3v) is 4.51. The molecule has 2 rings (SSSR count). The molecule has 0 spiro atoms. The number of aryl methyl sites for hydroxylation is 1. The van der Waals surface area contributed by atoms with Crippen molar-refractivity contribution < 1.29 is 4.79 Å². The second-order valence-electron chi connectivity index (χ2n) is 4.73. The zero-order valence-electron chi connectivity index (χ0n) is 11.7. The number of benzene rings is 2. The van der Waals surface area contributed by atoms with E-state index in [9.17, 15) is 4.79 Å². The molecule has 0 bridgehead atoms. The van der Waals surface area contributed by atoms with Crippen LogP contribution in [-0.2, 0) is 11.3 Å². The number of rotatable bonds is 5. The summed E-state index contributed by atoms with van der Waals surface area (Å²) in [7, 11) is 0. The fourth-order valence-corrected chi connectivity index (χ4v) is 3.08. The van der Waals surface area contributed by atoms with E-state index < -0.39 is 0 Å². The van der Waals surface area contributed by atoms with Crippen molar-refractivity contribution in [1.82, 2.24) is 5.32 Å². The molecule has 0 unspecified atom stereocenters. The third-order valence-electron chi connectivity index (χ3n) is 2.94. The highest BCUT2D eigenvalue weighted by Gasteiger charge is 2.06. The van der Waals surface area contributed by atoms with Gasteiger partial charge in [0.05, 0.1) is 5.75 Å². The average molecular weight is 365 g/mol. The maximum atomic E-state index is 11.9. The molecule has 0 radical (unpaired) electrons. The number of hydrogen-bond acceptors (Lipinski definition) is 3. The normalized spacial score (nSPS) is 10.4. The van der Waals surface area contributed by atoms with E-state index in [4.69, 9.17) is 5.73 Å². The summed E-state index contributed by atoms with van der Waals surface area (Å²) >= 11 is 4.84. The molecule has 0 aliphatic heterocycles. The summed E-state index contributed by atoms with van der Waals surface area (Å²) in [5.41, 5.74) is 8.88. The molecule has 0 aromatic heterocycles. The van der Waals surface area contributed by atoms with Crippen molar-refractivity contribution in [3.8, 4) is 0 Å². The number of carbonyl (C=O) groups is 1. The lowest BCUT2D eigenvalue weighted by Gasteiger charge is -2.07. The highest BCUT2D eigenvalue weighted by Crippen LogP contribution is 2.27. The Labute approximate surface area is 137 Å². The molecule has 0 heterocycles. The molecule has 21 heavy (non-hydrogen) atoms. The first-order valence-electron chi connectivity index (χ1n) is 6.54. The maximum Gasteiger partial charge on any atom is 0.230 e. The van der Waals surface area contributed by atoms with Gasteiger partial charge in [-0.2, -0.15) is 0 Å². The number of thioether (sulfide) groups is 1. The third kappa shape index (κ3) is 5.10. The van der Waals surface area contributed by atoms with E-state index in [2.05, 4.69) is 21.2 Å². The monoisotopic (exact) mass is 364 g/mol. The number of nitrogen functional groups attached to an aromatic ring is 1. The summed E-state index contributed by atoms with van der Waals surface area (Å²) in [6, 6.07) is 13.8. The lowest BCUT2D eigenvalue weighted by Crippen LogP contribution is -2.24. The van der Waals surface area contributed by atoms with Gasteiger partial charge < -0.3 is 11.1 Å². The van der Waals surface area contributed by atoms with E-state index in [1.54, 1.807) is 0 Å². The fraction of sp³-hybridized carbons (Fsp3) is 0.188. The van der Waals surface area contributed by atoms with Gasteiger partial charge in [0.2, 0.25) is 5.91 Å². The second kappa shape index (κ2) is 7.52. The minimum Gasteiger partial charge on any atom is -0.398 e. The van der Waals surface area contributed by atoms with Crippen LogP contribution in [0.25, 0.3) is 0 Å². The Morgan fingerprint density at radius 1 is 1.24 bits per heavy atom. The molecule has 0 atom stereocenters. The molecule has 0 aliphatic carbocycles. The average Bonchev–Trinajstić information content (AvgIpc) is 2.47. The zero-order chi connectivity index (χ0) is 15.2. The van der Waals surface area contributed by atoms with Crippen molar-refractivity contribution in [3.05, 3.63) is 58.1 Å². The molecule has 0 saturated carbocycles. The molecule has 110 valence electrons. The molecule has 5 heteroatoms. The van der Waals surface area contributed by atoms with Crippen LogP contribution in [0.3, 0.4) is 0 Å². The molecule has 1 amide bonds. The van der Waals surface area contributed by atoms with E-state index in [1.807, 2.05) is 49.4 Å². The first-order valence-corrected chi connectivity index (χ1v) is 8.32. The molecule has 0 aliphatic rings. The van der Waals surface area contributed by atoms with Gasteiger partial charge in [0.1, 0.15) is 0 Å². The summed E-state index contributed by atoms with van der Waals surface area (Å²) in [5.74, 6) is 0.354. The van der Waals surface area contributed by atoms with Crippen molar-refractivity contribution >= 4 is 39.3 Å². The summed E-state index contributed by atoms with van der Waals surface area (Å²) in [5, 5.41) is 2.91. The van der Waals surface area contributed by atoms with Gasteiger partial charge in [-0.25, -0.2) is 0 Å². The van der Waals surface area contributed by atoms with Crippen LogP contribution in [0.4, 0.5) is 5.69 Å². The lowest BCUT2D eigenvalue weighted by atomic mass is 10.1. The van der Waals surface area contributed by atoms with Crippen LogP contribution >= 0.6 is 27.7 Å². The van der Waals surface area contributed by atoms with Gasteiger partial charge in [-0.15, -0.1) is 11.8 Å². The summed E-state index contributed by atoms with van der Waals surface area (Å²) in [6.07, 6.45) is 0. The standard InChI is InChI=1S/C16H17BrN2OS/c1-11-2-4-12(5-3-11)9-19-16(20)10-21-15-8-13(17)6-7-14(15)18/h2-8H,9-10,18H2,1H3,(H,19,20). The minimum atomic E-state index is -0.0000458. The van der Waals surface area contributed by atoms with Crippen LogP contribution in [-0.4, -0.2) is 11.7 Å². The number of nitrogens with two attached hydrogens (primary N) is 1. The minimum absolute atomic E-state index is 0.0000458. The van der Waals surface area contributed by atoms with Gasteiger partial charge in [0, 0.05) is 21.6 Å². The van der Waals surface area contributed by atoms with E-state index in [0.717, 1.165) is 14.9 Å². The smallest absolute Gasteiger partial charge is 0.230 e. The number of hydrogen-bond donors (Lipinski definition) is 2. The van der Waals surface area contributed by atoms with Crippen LogP contribution < -0.4 is 11.1 Å². The number of anilines is 1. The Kier molecular flexibility index (Phi) is 5.70. The molecule has 2 aromatic rings. The van der Waals surface area contributed by atoms with Gasteiger partial charge in [-0.05, 0) is 30.7 Å². The Hall–Kier alpha value is -1.46. The summed E-state index contributed by atoms with van der Waals surface area (Å²) in [6.45, 7) is 2.59. The van der Waals surface area contributed by atoms with Gasteiger partial charge in [0.25, 0.3) is 0 Å². The predicted molar refractivity (Wildman–Crippen MR) is 92.3 cm³/mol. The number of carbonyl (C=O) groups excluding carboxylic acids is 1. The predicted octanol–water partition coefficient (Wildman–Crippen LogP) is 3.75. The molecule has 0 fully saturated rings. The molecule has 0 saturated heterocycles. The number of nitrogens with one attached hydrogen (secondary N) is 1. The summed E-state index contributed by atoms with van der Waals surface area (Å²) in [4.78, 5) is 12.8. The quantitative estimate of drug-likeness (QED) is 0.627. The Balaban J connectivity index is 1.82. The van der Waals surface area contributed by atoms with Gasteiger partial charge in [-0.3, -0.25) is 4.79 Å². The van der Waals surface area contributed by atoms with Gasteiger partial charge in [0.15, 0.2) is 0 Å². The second-order valence-corrected chi connectivity index (χ2v) is 6.67. The summed E-state index contributed by atoms with van der Waals surface area (Å²) < 4.78 is 0.958. The largest absolute Gasteiger partial charge is 0.398 e. The molecule has 3 nitrogen and oxygen atoms in total. The topological polar surface area (TPSA) is 55.1 Å². The maximum absolute atomic E-state index is 11.9. The number of halogens is 1. The Morgan fingerprint density at radius 3 is 2.67 bits per heavy atom. The highest BCUT2D eigenvalue weighted by atomic mass is 79.9. The SMILES string of the molecule is Cc1ccc(CNC(=O)CSc2cc(Br)ccc2N)cc1. The number of amides is 1. The Morgan fingerprint density at radius 2 is 1.95 bits per heavy atom. The van der Waals surface area contributed by atoms with Crippen LogP contribution in [0, 0.1) is 6.92 Å². The van der Waals surface area contributed by atoms with E-state index >= 15 is 0 Å². The van der Waals surface area contributed by atoms with E-state index in [0.29, 0.717) is 18.0 Å². The molecular weight excluding hydrogens is 348 g/mol.